The van der Waals surface area contributed by atoms with E-state index in [1.165, 1.54) is 16.8 Å². The van der Waals surface area contributed by atoms with E-state index < -0.39 is 0 Å². The molecule has 1 aliphatic heterocycles. The number of carbonyl (C=O) groups is 1. The van der Waals surface area contributed by atoms with Crippen LogP contribution in [0.25, 0.3) is 0 Å². The van der Waals surface area contributed by atoms with Gasteiger partial charge in [0.25, 0.3) is 0 Å². The molecule has 3 rings (SSSR count). The number of amides is 1. The molecule has 2 aromatic rings. The van der Waals surface area contributed by atoms with Crippen molar-refractivity contribution < 1.29 is 9.53 Å². The van der Waals surface area contributed by atoms with Gasteiger partial charge in [-0.15, -0.1) is 0 Å². The highest BCUT2D eigenvalue weighted by Crippen LogP contribution is 2.24. The van der Waals surface area contributed by atoms with Crippen molar-refractivity contribution in [2.24, 2.45) is 0 Å². The van der Waals surface area contributed by atoms with Gasteiger partial charge in [-0.2, -0.15) is 0 Å². The number of aryl methyl sites for hydroxylation is 1. The van der Waals surface area contributed by atoms with E-state index >= 15 is 0 Å². The molecule has 1 aliphatic rings. The van der Waals surface area contributed by atoms with Crippen LogP contribution < -0.4 is 15.0 Å². The smallest absolute Gasteiger partial charge is 0.225 e. The number of nitrogens with zero attached hydrogens (tertiary/aromatic N) is 2. The van der Waals surface area contributed by atoms with Gasteiger partial charge in [0, 0.05) is 50.5 Å². The monoisotopic (exact) mass is 395 g/mol. The second kappa shape index (κ2) is 9.79. The fourth-order valence-corrected chi connectivity index (χ4v) is 3.66. The normalized spacial score (nSPS) is 14.9. The predicted octanol–water partition coefficient (Wildman–Crippen LogP) is 4.24. The molecule has 0 saturated carbocycles. The molecule has 2 aromatic carbocycles. The van der Waals surface area contributed by atoms with Gasteiger partial charge < -0.3 is 15.0 Å². The van der Waals surface area contributed by atoms with Crippen LogP contribution in [0.2, 0.25) is 0 Å². The summed E-state index contributed by atoms with van der Waals surface area (Å²) in [6.45, 7) is 13.1. The molecule has 0 radical (unpaired) electrons. The van der Waals surface area contributed by atoms with Crippen molar-refractivity contribution in [1.82, 2.24) is 4.90 Å². The Hall–Kier alpha value is -2.53. The highest BCUT2D eigenvalue weighted by Gasteiger charge is 2.19. The Labute approximate surface area is 174 Å². The molecule has 5 heteroatoms. The lowest BCUT2D eigenvalue weighted by Crippen LogP contribution is -2.47. The minimum absolute atomic E-state index is 0.0551. The van der Waals surface area contributed by atoms with Gasteiger partial charge in [-0.05, 0) is 69.2 Å². The number of ether oxygens (including phenoxy) is 1. The first-order valence-corrected chi connectivity index (χ1v) is 10.5. The second-order valence-electron chi connectivity index (χ2n) is 8.04. The molecule has 0 aliphatic carbocycles. The Bertz CT molecular complexity index is 809. The summed E-state index contributed by atoms with van der Waals surface area (Å²) in [5.41, 5.74) is 4.86. The van der Waals surface area contributed by atoms with E-state index in [1.807, 2.05) is 38.1 Å². The van der Waals surface area contributed by atoms with Crippen molar-refractivity contribution in [3.8, 4) is 5.75 Å². The van der Waals surface area contributed by atoms with E-state index in [9.17, 15) is 4.79 Å². The SMILES string of the molecule is Cc1cccc(N2CCN(CCC(=O)Nc3ccc(OC(C)C)cc3)CC2)c1C. The minimum Gasteiger partial charge on any atom is -0.491 e. The summed E-state index contributed by atoms with van der Waals surface area (Å²) in [5.74, 6) is 0.874. The van der Waals surface area contributed by atoms with Gasteiger partial charge in [-0.25, -0.2) is 0 Å². The number of hydrogen-bond acceptors (Lipinski definition) is 4. The Morgan fingerprint density at radius 1 is 1.03 bits per heavy atom. The van der Waals surface area contributed by atoms with Gasteiger partial charge in [-0.3, -0.25) is 9.69 Å². The molecule has 1 fully saturated rings. The average molecular weight is 396 g/mol. The van der Waals surface area contributed by atoms with Crippen molar-refractivity contribution >= 4 is 17.3 Å². The number of carbonyl (C=O) groups excluding carboxylic acids is 1. The maximum absolute atomic E-state index is 12.3. The van der Waals surface area contributed by atoms with E-state index in [0.29, 0.717) is 6.42 Å². The van der Waals surface area contributed by atoms with Crippen LogP contribution in [0.5, 0.6) is 5.75 Å². The molecule has 1 heterocycles. The van der Waals surface area contributed by atoms with Crippen molar-refractivity contribution in [3.63, 3.8) is 0 Å². The first-order chi connectivity index (χ1) is 13.9. The van der Waals surface area contributed by atoms with Gasteiger partial charge in [0.1, 0.15) is 5.75 Å². The number of anilines is 2. The van der Waals surface area contributed by atoms with Crippen LogP contribution in [0, 0.1) is 13.8 Å². The fourth-order valence-electron chi connectivity index (χ4n) is 3.66. The molecular weight excluding hydrogens is 362 g/mol. The van der Waals surface area contributed by atoms with Crippen molar-refractivity contribution in [1.29, 1.82) is 0 Å². The molecule has 0 spiro atoms. The molecule has 0 bridgehead atoms. The molecule has 5 nitrogen and oxygen atoms in total. The van der Waals surface area contributed by atoms with Crippen LogP contribution in [0.4, 0.5) is 11.4 Å². The Morgan fingerprint density at radius 2 is 1.72 bits per heavy atom. The zero-order valence-electron chi connectivity index (χ0n) is 18.1. The van der Waals surface area contributed by atoms with Gasteiger partial charge in [-0.1, -0.05) is 12.1 Å². The predicted molar refractivity (Wildman–Crippen MR) is 120 cm³/mol. The lowest BCUT2D eigenvalue weighted by Gasteiger charge is -2.37. The lowest BCUT2D eigenvalue weighted by molar-refractivity contribution is -0.116. The highest BCUT2D eigenvalue weighted by molar-refractivity contribution is 5.90. The van der Waals surface area contributed by atoms with E-state index in [-0.39, 0.29) is 12.0 Å². The summed E-state index contributed by atoms with van der Waals surface area (Å²) in [4.78, 5) is 17.1. The van der Waals surface area contributed by atoms with Crippen molar-refractivity contribution in [2.45, 2.75) is 40.2 Å². The van der Waals surface area contributed by atoms with E-state index in [0.717, 1.165) is 44.2 Å². The summed E-state index contributed by atoms with van der Waals surface area (Å²) >= 11 is 0. The highest BCUT2D eigenvalue weighted by atomic mass is 16.5. The summed E-state index contributed by atoms with van der Waals surface area (Å²) in [6, 6.07) is 14.1. The minimum atomic E-state index is 0.0551. The standard InChI is InChI=1S/C24H33N3O2/c1-18(2)29-22-10-8-21(9-11-22)25-24(28)12-13-26-14-16-27(17-15-26)23-7-5-6-19(3)20(23)4/h5-11,18H,12-17H2,1-4H3,(H,25,28). The molecular formula is C24H33N3O2. The molecule has 1 saturated heterocycles. The first-order valence-electron chi connectivity index (χ1n) is 10.5. The van der Waals surface area contributed by atoms with Crippen LogP contribution in [0.1, 0.15) is 31.4 Å². The number of hydrogen-bond donors (Lipinski definition) is 1. The van der Waals surface area contributed by atoms with Crippen LogP contribution in [0.3, 0.4) is 0 Å². The van der Waals surface area contributed by atoms with E-state index in [1.54, 1.807) is 0 Å². The Balaban J connectivity index is 1.42. The van der Waals surface area contributed by atoms with Crippen molar-refractivity contribution in [2.75, 3.05) is 42.9 Å². The average Bonchev–Trinajstić information content (AvgIpc) is 2.70. The molecule has 0 aromatic heterocycles. The number of nitrogens with one attached hydrogen (secondary N) is 1. The molecule has 1 N–H and O–H groups in total. The van der Waals surface area contributed by atoms with Gasteiger partial charge in [0.05, 0.1) is 6.10 Å². The fraction of sp³-hybridized carbons (Fsp3) is 0.458. The third-order valence-corrected chi connectivity index (χ3v) is 5.45. The molecule has 29 heavy (non-hydrogen) atoms. The first kappa shape index (κ1) is 21.2. The summed E-state index contributed by atoms with van der Waals surface area (Å²) < 4.78 is 5.63. The van der Waals surface area contributed by atoms with Crippen LogP contribution in [-0.4, -0.2) is 49.6 Å². The number of benzene rings is 2. The Kier molecular flexibility index (Phi) is 7.15. The number of piperazine rings is 1. The van der Waals surface area contributed by atoms with E-state index in [2.05, 4.69) is 47.2 Å². The maximum atomic E-state index is 12.3. The van der Waals surface area contributed by atoms with E-state index in [4.69, 9.17) is 4.74 Å². The Morgan fingerprint density at radius 3 is 2.38 bits per heavy atom. The van der Waals surface area contributed by atoms with Gasteiger partial charge in [0.2, 0.25) is 5.91 Å². The second-order valence-corrected chi connectivity index (χ2v) is 8.04. The quantitative estimate of drug-likeness (QED) is 0.762. The zero-order chi connectivity index (χ0) is 20.8. The number of rotatable bonds is 7. The lowest BCUT2D eigenvalue weighted by atomic mass is 10.1. The van der Waals surface area contributed by atoms with Crippen LogP contribution >= 0.6 is 0 Å². The van der Waals surface area contributed by atoms with Crippen molar-refractivity contribution in [3.05, 3.63) is 53.6 Å². The van der Waals surface area contributed by atoms with Gasteiger partial charge >= 0.3 is 0 Å². The topological polar surface area (TPSA) is 44.8 Å². The molecule has 0 unspecified atom stereocenters. The zero-order valence-corrected chi connectivity index (χ0v) is 18.1. The van der Waals surface area contributed by atoms with Gasteiger partial charge in [0.15, 0.2) is 0 Å². The molecule has 1 amide bonds. The maximum Gasteiger partial charge on any atom is 0.225 e. The summed E-state index contributed by atoms with van der Waals surface area (Å²) in [6.07, 6.45) is 0.652. The summed E-state index contributed by atoms with van der Waals surface area (Å²) in [5, 5.41) is 2.98. The third kappa shape index (κ3) is 5.97. The molecule has 0 atom stereocenters. The largest absolute Gasteiger partial charge is 0.491 e. The van der Waals surface area contributed by atoms with Crippen LogP contribution in [0.15, 0.2) is 42.5 Å². The summed E-state index contributed by atoms with van der Waals surface area (Å²) in [7, 11) is 0. The van der Waals surface area contributed by atoms with Crippen LogP contribution in [-0.2, 0) is 4.79 Å². The molecule has 156 valence electrons. The third-order valence-electron chi connectivity index (χ3n) is 5.45.